The number of hydrogen-bond acceptors (Lipinski definition) is 14. The van der Waals surface area contributed by atoms with Crippen LogP contribution in [0.5, 0.6) is 0 Å². The predicted molar refractivity (Wildman–Crippen MR) is 255 cm³/mol. The van der Waals surface area contributed by atoms with Gasteiger partial charge in [0.1, 0.15) is 24.7 Å². The fourth-order valence-corrected chi connectivity index (χ4v) is 6.99. The number of benzene rings is 2. The van der Waals surface area contributed by atoms with Gasteiger partial charge in [-0.2, -0.15) is 0 Å². The van der Waals surface area contributed by atoms with Gasteiger partial charge in [0.15, 0.2) is 24.3 Å². The van der Waals surface area contributed by atoms with Gasteiger partial charge in [-0.15, -0.1) is 0 Å². The molecule has 0 aliphatic rings. The van der Waals surface area contributed by atoms with Gasteiger partial charge in [-0.3, -0.25) is 24.0 Å². The third kappa shape index (κ3) is 21.8. The first-order chi connectivity index (χ1) is 31.7. The number of nitrogens with two attached hydrogens (primary N) is 2. The SMILES string of the molecule is CC(C)C[C@H](NC(=O)[C@@H](CC(C)C)NC(=O)OCc1ccccc1)C(=O)N[C@H](C(=O)OCC[Si](C)(C)C)[C@H](OC(=O)C(COC(C)(C)C)NC(=O)[C@@H](NC(=O)CN)[C@H](O)C(N)=O)c1ccccc1. The van der Waals surface area contributed by atoms with Crippen molar-refractivity contribution in [3.8, 4) is 0 Å². The van der Waals surface area contributed by atoms with Crippen LogP contribution in [-0.2, 0) is 59.1 Å². The van der Waals surface area contributed by atoms with Crippen LogP contribution in [0.1, 0.15) is 78.5 Å². The molecule has 7 atom stereocenters. The minimum absolute atomic E-state index is 0.0400. The molecule has 20 nitrogen and oxygen atoms in total. The number of ether oxygens (including phenoxy) is 4. The highest BCUT2D eigenvalue weighted by molar-refractivity contribution is 6.76. The quantitative estimate of drug-likeness (QED) is 0.0362. The van der Waals surface area contributed by atoms with Gasteiger partial charge in [0.2, 0.25) is 29.5 Å². The number of amides is 6. The van der Waals surface area contributed by atoms with E-state index < -0.39 is 117 Å². The summed E-state index contributed by atoms with van der Waals surface area (Å²) in [6.07, 6.45) is -4.52. The molecule has 0 heterocycles. The molecule has 0 radical (unpaired) electrons. The first-order valence-electron chi connectivity index (χ1n) is 22.6. The van der Waals surface area contributed by atoms with E-state index in [0.717, 1.165) is 5.56 Å². The molecule has 2 aromatic rings. The average Bonchev–Trinajstić information content (AvgIpc) is 3.25. The largest absolute Gasteiger partial charge is 0.464 e. The molecule has 0 saturated carbocycles. The Morgan fingerprint density at radius 1 is 0.676 bits per heavy atom. The number of esters is 2. The maximum atomic E-state index is 14.5. The van der Waals surface area contributed by atoms with E-state index in [0.29, 0.717) is 6.04 Å². The molecule has 2 rings (SSSR count). The first-order valence-corrected chi connectivity index (χ1v) is 26.3. The summed E-state index contributed by atoms with van der Waals surface area (Å²) in [6.45, 7) is 17.3. The number of rotatable bonds is 27. The van der Waals surface area contributed by atoms with Gasteiger partial charge >= 0.3 is 18.0 Å². The summed E-state index contributed by atoms with van der Waals surface area (Å²) in [7, 11) is -1.78. The maximum Gasteiger partial charge on any atom is 0.408 e. The molecule has 0 aliphatic carbocycles. The maximum absolute atomic E-state index is 14.5. The molecule has 0 fully saturated rings. The molecule has 1 unspecified atom stereocenters. The average molecular weight is 972 g/mol. The number of carbonyl (C=O) groups excluding carboxylic acids is 8. The normalized spacial score (nSPS) is 14.7. The van der Waals surface area contributed by atoms with Crippen LogP contribution >= 0.6 is 0 Å². The monoisotopic (exact) mass is 972 g/mol. The molecular formula is C47H73N7O13Si. The summed E-state index contributed by atoms with van der Waals surface area (Å²) in [4.78, 5) is 108. The van der Waals surface area contributed by atoms with E-state index in [-0.39, 0.29) is 43.5 Å². The van der Waals surface area contributed by atoms with Crippen molar-refractivity contribution in [2.45, 2.75) is 142 Å². The molecule has 2 aromatic carbocycles. The summed E-state index contributed by atoms with van der Waals surface area (Å²) in [6, 6.07) is 9.47. The fraction of sp³-hybridized carbons (Fsp3) is 0.574. The minimum atomic E-state index is -2.25. The predicted octanol–water partition coefficient (Wildman–Crippen LogP) is 2.10. The van der Waals surface area contributed by atoms with Crippen molar-refractivity contribution < 1.29 is 62.4 Å². The second-order valence-electron chi connectivity index (χ2n) is 19.4. The lowest BCUT2D eigenvalue weighted by Crippen LogP contribution is -2.61. The number of hydrogen-bond donors (Lipinski definition) is 8. The van der Waals surface area contributed by atoms with Crippen LogP contribution in [0.3, 0.4) is 0 Å². The summed E-state index contributed by atoms with van der Waals surface area (Å²) in [5.74, 6) is -7.59. The van der Waals surface area contributed by atoms with Crippen LogP contribution in [0.2, 0.25) is 25.7 Å². The van der Waals surface area contributed by atoms with Crippen LogP contribution < -0.4 is 38.1 Å². The van der Waals surface area contributed by atoms with Gasteiger partial charge in [-0.25, -0.2) is 14.4 Å². The zero-order chi connectivity index (χ0) is 51.4. The van der Waals surface area contributed by atoms with Crippen molar-refractivity contribution in [1.29, 1.82) is 0 Å². The van der Waals surface area contributed by atoms with E-state index in [1.807, 2.05) is 33.8 Å². The van der Waals surface area contributed by atoms with Crippen LogP contribution in [0.25, 0.3) is 0 Å². The van der Waals surface area contributed by atoms with Crippen LogP contribution in [-0.4, -0.2) is 122 Å². The Balaban J connectivity index is 2.63. The molecule has 68 heavy (non-hydrogen) atoms. The summed E-state index contributed by atoms with van der Waals surface area (Å²) in [5, 5.41) is 23.0. The van der Waals surface area contributed by atoms with E-state index in [9.17, 15) is 43.5 Å². The van der Waals surface area contributed by atoms with Crippen molar-refractivity contribution in [2.75, 3.05) is 19.8 Å². The molecule has 21 heteroatoms. The van der Waals surface area contributed by atoms with Crippen LogP contribution in [0, 0.1) is 11.8 Å². The van der Waals surface area contributed by atoms with Crippen molar-refractivity contribution in [1.82, 2.24) is 26.6 Å². The van der Waals surface area contributed by atoms with E-state index in [1.165, 1.54) is 12.1 Å². The van der Waals surface area contributed by atoms with Crippen LogP contribution in [0.15, 0.2) is 60.7 Å². The highest BCUT2D eigenvalue weighted by Crippen LogP contribution is 2.25. The lowest BCUT2D eigenvalue weighted by Gasteiger charge is -2.32. The molecule has 6 amide bonds. The van der Waals surface area contributed by atoms with Crippen molar-refractivity contribution in [2.24, 2.45) is 23.3 Å². The topological polar surface area (TPSA) is 306 Å². The Morgan fingerprint density at radius 3 is 1.72 bits per heavy atom. The summed E-state index contributed by atoms with van der Waals surface area (Å²) in [5.41, 5.74) is 10.7. The summed E-state index contributed by atoms with van der Waals surface area (Å²) < 4.78 is 23.0. The number of aliphatic hydroxyl groups excluding tert-OH is 1. The van der Waals surface area contributed by atoms with Gasteiger partial charge in [0, 0.05) is 8.07 Å². The van der Waals surface area contributed by atoms with Crippen molar-refractivity contribution in [3.63, 3.8) is 0 Å². The standard InChI is InChI=1S/C47H73N7O13Si/c1-28(2)23-32(50-41(58)33(24-29(3)4)52-46(63)65-26-30-17-13-11-14-18-30)42(59)54-37(45(62)64-21-22-68(8,9)10)39(31-19-15-12-16-20-31)67-44(61)34(27-66-47(5,6)7)51-43(60)36(38(56)40(49)57)53-35(55)25-48/h11-20,28-29,32-34,36-39,56H,21-27,48H2,1-10H3,(H2,49,57)(H,50,58)(H,51,60)(H,52,63)(H,53,55)(H,54,59)/t32-,33+,34?,36-,37-,38-,39+/m0/s1. The Morgan fingerprint density at radius 2 is 1.21 bits per heavy atom. The van der Waals surface area contributed by atoms with Crippen molar-refractivity contribution in [3.05, 3.63) is 71.8 Å². The highest BCUT2D eigenvalue weighted by atomic mass is 28.3. The van der Waals surface area contributed by atoms with E-state index in [2.05, 4.69) is 46.2 Å². The summed E-state index contributed by atoms with van der Waals surface area (Å²) >= 11 is 0. The highest BCUT2D eigenvalue weighted by Gasteiger charge is 2.41. The molecule has 0 spiro atoms. The molecular weight excluding hydrogens is 899 g/mol. The molecule has 378 valence electrons. The molecule has 0 aromatic heterocycles. The van der Waals surface area contributed by atoms with Gasteiger partial charge in [-0.1, -0.05) is 108 Å². The zero-order valence-electron chi connectivity index (χ0n) is 40.9. The van der Waals surface area contributed by atoms with Crippen molar-refractivity contribution >= 4 is 55.6 Å². The number of aliphatic hydroxyl groups is 1. The van der Waals surface area contributed by atoms with Gasteiger partial charge in [0.25, 0.3) is 0 Å². The Kier molecular flexibility index (Phi) is 23.8. The smallest absolute Gasteiger partial charge is 0.408 e. The van der Waals surface area contributed by atoms with Gasteiger partial charge in [0.05, 0.1) is 25.4 Å². The minimum Gasteiger partial charge on any atom is -0.464 e. The third-order valence-corrected chi connectivity index (χ3v) is 11.6. The zero-order valence-corrected chi connectivity index (χ0v) is 41.9. The Labute approximate surface area is 400 Å². The molecule has 10 N–H and O–H groups in total. The van der Waals surface area contributed by atoms with Gasteiger partial charge in [-0.05, 0) is 62.6 Å². The lowest BCUT2D eigenvalue weighted by molar-refractivity contribution is -0.165. The molecule has 0 bridgehead atoms. The van der Waals surface area contributed by atoms with E-state index in [4.69, 9.17) is 30.4 Å². The number of nitrogens with one attached hydrogen (secondary N) is 5. The first kappa shape index (κ1) is 58.2. The Bertz CT molecular complexity index is 1980. The number of alkyl carbamates (subject to hydrolysis) is 1. The Hall–Kier alpha value is -5.90. The van der Waals surface area contributed by atoms with E-state index in [1.54, 1.807) is 63.2 Å². The second kappa shape index (κ2) is 27.8. The molecule has 0 aliphatic heterocycles. The third-order valence-electron chi connectivity index (χ3n) is 9.87. The second-order valence-corrected chi connectivity index (χ2v) is 25.0. The number of carbonyl (C=O) groups is 8. The number of primary amides is 1. The lowest BCUT2D eigenvalue weighted by atomic mass is 9.98. The fourth-order valence-electron chi connectivity index (χ4n) is 6.27. The van der Waals surface area contributed by atoms with E-state index >= 15 is 0 Å². The van der Waals surface area contributed by atoms with Crippen LogP contribution in [0.4, 0.5) is 4.79 Å². The van der Waals surface area contributed by atoms with Gasteiger partial charge < -0.3 is 62.1 Å². The molecule has 0 saturated heterocycles.